The molecular weight excluding hydrogens is 371 g/mol. The lowest BCUT2D eigenvalue weighted by Gasteiger charge is -2.07. The van der Waals surface area contributed by atoms with Gasteiger partial charge in [0.15, 0.2) is 11.7 Å². The van der Waals surface area contributed by atoms with Gasteiger partial charge in [-0.05, 0) is 36.4 Å². The standard InChI is InChI=1S/C16H12Cl2N2O3S/c1-22-10-3-4-12-14(7-10)24-16(19-12)20-15(21)8-23-13-5-2-9(17)6-11(13)18/h2-7H,8H2,1H3,(H,19,20,21). The van der Waals surface area contributed by atoms with E-state index < -0.39 is 0 Å². The maximum Gasteiger partial charge on any atom is 0.264 e. The summed E-state index contributed by atoms with van der Waals surface area (Å²) in [5.41, 5.74) is 0.790. The van der Waals surface area contributed by atoms with Crippen LogP contribution < -0.4 is 14.8 Å². The van der Waals surface area contributed by atoms with E-state index >= 15 is 0 Å². The Morgan fingerprint density at radius 3 is 2.83 bits per heavy atom. The number of carbonyl (C=O) groups is 1. The zero-order valence-corrected chi connectivity index (χ0v) is 14.8. The number of benzene rings is 2. The van der Waals surface area contributed by atoms with Crippen LogP contribution in [0.1, 0.15) is 0 Å². The summed E-state index contributed by atoms with van der Waals surface area (Å²) in [7, 11) is 1.60. The molecule has 0 bridgehead atoms. The summed E-state index contributed by atoms with van der Waals surface area (Å²) in [5, 5.41) is 4.05. The molecule has 8 heteroatoms. The second-order valence-corrected chi connectivity index (χ2v) is 6.64. The molecule has 0 aliphatic carbocycles. The molecular formula is C16H12Cl2N2O3S. The minimum atomic E-state index is -0.327. The third-order valence-electron chi connectivity index (χ3n) is 3.09. The molecule has 5 nitrogen and oxygen atoms in total. The van der Waals surface area contributed by atoms with Gasteiger partial charge in [-0.1, -0.05) is 34.5 Å². The van der Waals surface area contributed by atoms with Gasteiger partial charge in [-0.25, -0.2) is 4.98 Å². The number of aromatic nitrogens is 1. The zero-order valence-electron chi connectivity index (χ0n) is 12.5. The smallest absolute Gasteiger partial charge is 0.264 e. The molecule has 0 unspecified atom stereocenters. The molecule has 1 aromatic heterocycles. The number of nitrogens with zero attached hydrogens (tertiary/aromatic N) is 1. The van der Waals surface area contributed by atoms with Gasteiger partial charge in [0.25, 0.3) is 5.91 Å². The van der Waals surface area contributed by atoms with Crippen LogP contribution in [0.15, 0.2) is 36.4 Å². The number of methoxy groups -OCH3 is 1. The van der Waals surface area contributed by atoms with Gasteiger partial charge in [0.1, 0.15) is 11.5 Å². The van der Waals surface area contributed by atoms with Crippen LogP contribution in [0, 0.1) is 0 Å². The SMILES string of the molecule is COc1ccc2nc(NC(=O)COc3ccc(Cl)cc3Cl)sc2c1. The molecule has 3 aromatic rings. The highest BCUT2D eigenvalue weighted by Gasteiger charge is 2.10. The number of nitrogens with one attached hydrogen (secondary N) is 1. The average Bonchev–Trinajstić information content (AvgIpc) is 2.95. The van der Waals surface area contributed by atoms with Crippen molar-refractivity contribution in [2.24, 2.45) is 0 Å². The predicted octanol–water partition coefficient (Wildman–Crippen LogP) is 4.63. The maximum absolute atomic E-state index is 12.0. The first kappa shape index (κ1) is 16.8. The first-order valence-corrected chi connectivity index (χ1v) is 8.44. The summed E-state index contributed by atoms with van der Waals surface area (Å²) in [5.74, 6) is 0.807. The highest BCUT2D eigenvalue weighted by atomic mass is 35.5. The zero-order chi connectivity index (χ0) is 17.1. The van der Waals surface area contributed by atoms with Crippen LogP contribution in [0.5, 0.6) is 11.5 Å². The summed E-state index contributed by atoms with van der Waals surface area (Å²) in [4.78, 5) is 16.3. The van der Waals surface area contributed by atoms with Crippen LogP contribution in [0.3, 0.4) is 0 Å². The Labute approximate surface area is 152 Å². The number of hydrogen-bond acceptors (Lipinski definition) is 5. The third kappa shape index (κ3) is 3.90. The van der Waals surface area contributed by atoms with Crippen LogP contribution in [0.2, 0.25) is 10.0 Å². The van der Waals surface area contributed by atoms with E-state index in [1.54, 1.807) is 25.3 Å². The molecule has 0 aliphatic rings. The molecule has 1 N–H and O–H groups in total. The number of ether oxygens (including phenoxy) is 2. The van der Waals surface area contributed by atoms with Crippen molar-refractivity contribution < 1.29 is 14.3 Å². The first-order chi connectivity index (χ1) is 11.5. The maximum atomic E-state index is 12.0. The lowest BCUT2D eigenvalue weighted by atomic mass is 10.3. The van der Waals surface area contributed by atoms with Crippen molar-refractivity contribution in [2.45, 2.75) is 0 Å². The summed E-state index contributed by atoms with van der Waals surface area (Å²) in [6.45, 7) is -0.180. The fourth-order valence-corrected chi connectivity index (χ4v) is 3.35. The molecule has 0 saturated heterocycles. The molecule has 1 amide bonds. The Kier molecular flexibility index (Phi) is 5.08. The quantitative estimate of drug-likeness (QED) is 0.698. The lowest BCUT2D eigenvalue weighted by Crippen LogP contribution is -2.20. The van der Waals surface area contributed by atoms with E-state index in [1.807, 2.05) is 18.2 Å². The average molecular weight is 383 g/mol. The predicted molar refractivity (Wildman–Crippen MR) is 96.8 cm³/mol. The molecule has 124 valence electrons. The van der Waals surface area contributed by atoms with Crippen molar-refractivity contribution in [1.29, 1.82) is 0 Å². The molecule has 2 aromatic carbocycles. The Morgan fingerprint density at radius 1 is 1.25 bits per heavy atom. The Hall–Kier alpha value is -2.02. The van der Waals surface area contributed by atoms with E-state index in [2.05, 4.69) is 10.3 Å². The van der Waals surface area contributed by atoms with Gasteiger partial charge >= 0.3 is 0 Å². The van der Waals surface area contributed by atoms with E-state index in [0.717, 1.165) is 16.0 Å². The minimum absolute atomic E-state index is 0.180. The van der Waals surface area contributed by atoms with Crippen LogP contribution in [0.4, 0.5) is 5.13 Å². The van der Waals surface area contributed by atoms with Crippen molar-refractivity contribution in [3.05, 3.63) is 46.4 Å². The van der Waals surface area contributed by atoms with Crippen molar-refractivity contribution in [1.82, 2.24) is 4.98 Å². The second kappa shape index (κ2) is 7.25. The van der Waals surface area contributed by atoms with E-state index in [4.69, 9.17) is 32.7 Å². The monoisotopic (exact) mass is 382 g/mol. The molecule has 0 radical (unpaired) electrons. The number of anilines is 1. The van der Waals surface area contributed by atoms with Crippen LogP contribution in [-0.2, 0) is 4.79 Å². The van der Waals surface area contributed by atoms with Crippen LogP contribution in [0.25, 0.3) is 10.2 Å². The normalized spacial score (nSPS) is 10.6. The Balaban J connectivity index is 1.64. The van der Waals surface area contributed by atoms with E-state index in [0.29, 0.717) is 20.9 Å². The topological polar surface area (TPSA) is 60.5 Å². The lowest BCUT2D eigenvalue weighted by molar-refractivity contribution is -0.118. The Bertz CT molecular complexity index is 898. The molecule has 0 saturated carbocycles. The van der Waals surface area contributed by atoms with Gasteiger partial charge in [-0.2, -0.15) is 0 Å². The number of thiazole rings is 1. The van der Waals surface area contributed by atoms with Gasteiger partial charge in [0.2, 0.25) is 0 Å². The number of amides is 1. The second-order valence-electron chi connectivity index (χ2n) is 4.76. The van der Waals surface area contributed by atoms with E-state index in [1.165, 1.54) is 11.3 Å². The highest BCUT2D eigenvalue weighted by Crippen LogP contribution is 2.30. The van der Waals surface area contributed by atoms with Gasteiger partial charge in [0, 0.05) is 5.02 Å². The first-order valence-electron chi connectivity index (χ1n) is 6.87. The van der Waals surface area contributed by atoms with Crippen molar-refractivity contribution in [3.8, 4) is 11.5 Å². The fourth-order valence-electron chi connectivity index (χ4n) is 1.98. The van der Waals surface area contributed by atoms with Crippen molar-refractivity contribution in [3.63, 3.8) is 0 Å². The van der Waals surface area contributed by atoms with Crippen molar-refractivity contribution in [2.75, 3.05) is 19.0 Å². The molecule has 3 rings (SSSR count). The van der Waals surface area contributed by atoms with Gasteiger partial charge in [0.05, 0.1) is 22.3 Å². The fraction of sp³-hybridized carbons (Fsp3) is 0.125. The van der Waals surface area contributed by atoms with Gasteiger partial charge in [-0.15, -0.1) is 0 Å². The van der Waals surface area contributed by atoms with Crippen LogP contribution in [-0.4, -0.2) is 24.6 Å². The summed E-state index contributed by atoms with van der Waals surface area (Å²) in [6, 6.07) is 10.3. The van der Waals surface area contributed by atoms with Gasteiger partial charge < -0.3 is 9.47 Å². The van der Waals surface area contributed by atoms with Crippen molar-refractivity contribution >= 4 is 55.8 Å². The number of rotatable bonds is 5. The summed E-state index contributed by atoms with van der Waals surface area (Å²) >= 11 is 13.2. The molecule has 0 spiro atoms. The van der Waals surface area contributed by atoms with Crippen LogP contribution >= 0.6 is 34.5 Å². The Morgan fingerprint density at radius 2 is 2.08 bits per heavy atom. The molecule has 24 heavy (non-hydrogen) atoms. The van der Waals surface area contributed by atoms with Gasteiger partial charge in [-0.3, -0.25) is 10.1 Å². The molecule has 1 heterocycles. The van der Waals surface area contributed by atoms with E-state index in [-0.39, 0.29) is 12.5 Å². The number of carbonyl (C=O) groups excluding carboxylic acids is 1. The van der Waals surface area contributed by atoms with E-state index in [9.17, 15) is 4.79 Å². The summed E-state index contributed by atoms with van der Waals surface area (Å²) in [6.07, 6.45) is 0. The minimum Gasteiger partial charge on any atom is -0.497 e. The largest absolute Gasteiger partial charge is 0.497 e. The summed E-state index contributed by atoms with van der Waals surface area (Å²) < 4.78 is 11.5. The third-order valence-corrected chi connectivity index (χ3v) is 4.56. The molecule has 0 aliphatic heterocycles. The number of halogens is 2. The number of fused-ring (bicyclic) bond motifs is 1. The number of hydrogen-bond donors (Lipinski definition) is 1. The highest BCUT2D eigenvalue weighted by molar-refractivity contribution is 7.22. The molecule has 0 atom stereocenters. The molecule has 0 fully saturated rings.